The maximum atomic E-state index is 9.14. The number of hydrogen-bond donors (Lipinski definition) is 1. The number of H-pyrrole nitrogens is 1. The predicted octanol–water partition coefficient (Wildman–Crippen LogP) is 2.42. The summed E-state index contributed by atoms with van der Waals surface area (Å²) in [6, 6.07) is 9.82. The smallest absolute Gasteiger partial charge is 0.188 e. The van der Waals surface area contributed by atoms with E-state index in [0.717, 1.165) is 27.9 Å². The maximum absolute atomic E-state index is 9.14. The molecule has 1 N–H and O–H groups in total. The molecule has 6 nitrogen and oxygen atoms in total. The number of benzene rings is 1. The van der Waals surface area contributed by atoms with Crippen molar-refractivity contribution < 1.29 is 9.47 Å². The molecule has 0 saturated carbocycles. The van der Waals surface area contributed by atoms with Crippen LogP contribution in [0.25, 0.3) is 22.2 Å². The van der Waals surface area contributed by atoms with Crippen LogP contribution in [-0.2, 0) is 11.8 Å². The summed E-state index contributed by atoms with van der Waals surface area (Å²) in [5, 5.41) is 14.3. The minimum Gasteiger partial charge on any atom is -0.468 e. The van der Waals surface area contributed by atoms with Gasteiger partial charge in [0.1, 0.15) is 11.8 Å². The first-order valence-electron chi connectivity index (χ1n) is 6.40. The summed E-state index contributed by atoms with van der Waals surface area (Å²) in [5.74, 6) is 0.738. The van der Waals surface area contributed by atoms with E-state index in [2.05, 4.69) is 16.2 Å². The van der Waals surface area contributed by atoms with E-state index >= 15 is 0 Å². The van der Waals surface area contributed by atoms with Gasteiger partial charge >= 0.3 is 0 Å². The Morgan fingerprint density at radius 1 is 1.38 bits per heavy atom. The second kappa shape index (κ2) is 5.31. The van der Waals surface area contributed by atoms with Crippen LogP contribution in [0.1, 0.15) is 5.69 Å². The third kappa shape index (κ3) is 2.47. The van der Waals surface area contributed by atoms with Crippen LogP contribution in [0.3, 0.4) is 0 Å². The van der Waals surface area contributed by atoms with Crippen molar-refractivity contribution in [3.8, 4) is 23.1 Å². The average Bonchev–Trinajstić information content (AvgIpc) is 3.07. The highest BCUT2D eigenvalue weighted by atomic mass is 16.7. The van der Waals surface area contributed by atoms with Crippen molar-refractivity contribution >= 4 is 10.9 Å². The summed E-state index contributed by atoms with van der Waals surface area (Å²) in [6.07, 6.45) is 1.83. The molecule has 3 rings (SSSR count). The highest BCUT2D eigenvalue weighted by Gasteiger charge is 2.12. The van der Waals surface area contributed by atoms with Gasteiger partial charge in [0.25, 0.3) is 0 Å². The zero-order valence-electron chi connectivity index (χ0n) is 11.8. The average molecular weight is 282 g/mol. The fourth-order valence-electron chi connectivity index (χ4n) is 2.24. The van der Waals surface area contributed by atoms with Gasteiger partial charge in [-0.2, -0.15) is 10.4 Å². The zero-order valence-corrected chi connectivity index (χ0v) is 11.8. The van der Waals surface area contributed by atoms with Crippen molar-refractivity contribution in [2.45, 2.75) is 0 Å². The van der Waals surface area contributed by atoms with Crippen molar-refractivity contribution in [1.29, 1.82) is 5.26 Å². The third-order valence-corrected chi connectivity index (χ3v) is 3.16. The molecule has 2 aromatic heterocycles. The largest absolute Gasteiger partial charge is 0.468 e. The van der Waals surface area contributed by atoms with Crippen LogP contribution in [0.2, 0.25) is 0 Å². The molecular weight excluding hydrogens is 268 g/mol. The molecule has 3 aromatic rings. The van der Waals surface area contributed by atoms with E-state index in [-0.39, 0.29) is 6.79 Å². The number of hydrogen-bond acceptors (Lipinski definition) is 4. The van der Waals surface area contributed by atoms with Crippen LogP contribution in [-0.4, -0.2) is 28.7 Å². The summed E-state index contributed by atoms with van der Waals surface area (Å²) in [5.41, 5.74) is 3.02. The van der Waals surface area contributed by atoms with Crippen molar-refractivity contribution in [2.24, 2.45) is 7.05 Å². The van der Waals surface area contributed by atoms with Crippen LogP contribution < -0.4 is 4.74 Å². The van der Waals surface area contributed by atoms with Crippen LogP contribution >= 0.6 is 0 Å². The zero-order chi connectivity index (χ0) is 14.8. The van der Waals surface area contributed by atoms with Crippen molar-refractivity contribution in [3.05, 3.63) is 36.2 Å². The van der Waals surface area contributed by atoms with E-state index in [1.165, 1.54) is 0 Å². The van der Waals surface area contributed by atoms with Gasteiger partial charge in [-0.15, -0.1) is 0 Å². The van der Waals surface area contributed by atoms with E-state index in [9.17, 15) is 0 Å². The number of nitrogens with one attached hydrogen (secondary N) is 1. The summed E-state index contributed by atoms with van der Waals surface area (Å²) in [6.45, 7) is 0.212. The molecule has 6 heteroatoms. The SMILES string of the molecule is COCOc1ccc2[nH]c(-c3cn(C)nc3C#N)cc2c1. The molecule has 0 aliphatic heterocycles. The van der Waals surface area contributed by atoms with Crippen LogP contribution in [0.15, 0.2) is 30.5 Å². The number of fused-ring (bicyclic) bond motifs is 1. The third-order valence-electron chi connectivity index (χ3n) is 3.16. The predicted molar refractivity (Wildman–Crippen MR) is 77.7 cm³/mol. The van der Waals surface area contributed by atoms with Gasteiger partial charge in [-0.3, -0.25) is 4.68 Å². The lowest BCUT2D eigenvalue weighted by atomic mass is 10.2. The van der Waals surface area contributed by atoms with Gasteiger partial charge in [0.05, 0.1) is 11.3 Å². The highest BCUT2D eigenvalue weighted by Crippen LogP contribution is 2.28. The Kier molecular flexibility index (Phi) is 3.34. The molecular formula is C15H14N4O2. The van der Waals surface area contributed by atoms with Crippen LogP contribution in [0.4, 0.5) is 0 Å². The number of aromatic nitrogens is 3. The first kappa shape index (κ1) is 13.2. The number of nitriles is 1. The standard InChI is InChI=1S/C15H14N4O2/c1-19-8-12(15(7-16)18-19)14-6-10-5-11(21-9-20-2)3-4-13(10)17-14/h3-6,8,17H,9H2,1-2H3. The van der Waals surface area contributed by atoms with Gasteiger partial charge < -0.3 is 14.5 Å². The molecule has 0 amide bonds. The van der Waals surface area contributed by atoms with Crippen molar-refractivity contribution in [1.82, 2.24) is 14.8 Å². The molecule has 106 valence electrons. The van der Waals surface area contributed by atoms with E-state index in [1.807, 2.05) is 30.5 Å². The Morgan fingerprint density at radius 3 is 3.00 bits per heavy atom. The number of methoxy groups -OCH3 is 1. The quantitative estimate of drug-likeness (QED) is 0.746. The number of aromatic amines is 1. The Hall–Kier alpha value is -2.78. The van der Waals surface area contributed by atoms with E-state index in [1.54, 1.807) is 18.8 Å². The van der Waals surface area contributed by atoms with E-state index in [4.69, 9.17) is 14.7 Å². The molecule has 0 atom stereocenters. The molecule has 0 fully saturated rings. The van der Waals surface area contributed by atoms with Gasteiger partial charge in [-0.1, -0.05) is 0 Å². The Bertz CT molecular complexity index is 826. The number of rotatable bonds is 4. The minimum absolute atomic E-state index is 0.212. The molecule has 0 bridgehead atoms. The van der Waals surface area contributed by atoms with Gasteiger partial charge in [-0.25, -0.2) is 0 Å². The monoisotopic (exact) mass is 282 g/mol. The van der Waals surface area contributed by atoms with Crippen LogP contribution in [0, 0.1) is 11.3 Å². The topological polar surface area (TPSA) is 75.9 Å². The molecule has 0 aliphatic carbocycles. The van der Waals surface area contributed by atoms with Gasteiger partial charge in [-0.05, 0) is 24.3 Å². The van der Waals surface area contributed by atoms with Crippen molar-refractivity contribution in [2.75, 3.05) is 13.9 Å². The normalized spacial score (nSPS) is 10.7. The number of ether oxygens (including phenoxy) is 2. The van der Waals surface area contributed by atoms with Gasteiger partial charge in [0, 0.05) is 31.3 Å². The van der Waals surface area contributed by atoms with E-state index in [0.29, 0.717) is 5.69 Å². The fourth-order valence-corrected chi connectivity index (χ4v) is 2.24. The molecule has 1 aromatic carbocycles. The Labute approximate surface area is 121 Å². The number of nitrogens with zero attached hydrogens (tertiary/aromatic N) is 3. The highest BCUT2D eigenvalue weighted by molar-refractivity contribution is 5.87. The Balaban J connectivity index is 2.02. The Morgan fingerprint density at radius 2 is 2.24 bits per heavy atom. The second-order valence-electron chi connectivity index (χ2n) is 4.66. The molecule has 0 unspecified atom stereocenters. The van der Waals surface area contributed by atoms with Crippen molar-refractivity contribution in [3.63, 3.8) is 0 Å². The lowest BCUT2D eigenvalue weighted by Crippen LogP contribution is -1.98. The molecule has 0 radical (unpaired) electrons. The molecule has 0 spiro atoms. The second-order valence-corrected chi connectivity index (χ2v) is 4.66. The van der Waals surface area contributed by atoms with E-state index < -0.39 is 0 Å². The first-order chi connectivity index (χ1) is 10.2. The summed E-state index contributed by atoms with van der Waals surface area (Å²) in [4.78, 5) is 3.29. The van der Waals surface area contributed by atoms with Gasteiger partial charge in [0.2, 0.25) is 0 Å². The summed E-state index contributed by atoms with van der Waals surface area (Å²) in [7, 11) is 3.38. The maximum Gasteiger partial charge on any atom is 0.188 e. The molecule has 21 heavy (non-hydrogen) atoms. The fraction of sp³-hybridized carbons (Fsp3) is 0.200. The van der Waals surface area contributed by atoms with Crippen LogP contribution in [0.5, 0.6) is 5.75 Å². The molecule has 0 saturated heterocycles. The minimum atomic E-state index is 0.212. The first-order valence-corrected chi connectivity index (χ1v) is 6.40. The lowest BCUT2D eigenvalue weighted by Gasteiger charge is -2.03. The van der Waals surface area contributed by atoms with Gasteiger partial charge in [0.15, 0.2) is 12.5 Å². The summed E-state index contributed by atoms with van der Waals surface area (Å²) < 4.78 is 11.9. The summed E-state index contributed by atoms with van der Waals surface area (Å²) >= 11 is 0. The molecule has 2 heterocycles. The number of aryl methyl sites for hydroxylation is 1. The lowest BCUT2D eigenvalue weighted by molar-refractivity contribution is 0.0512. The molecule has 0 aliphatic rings.